The summed E-state index contributed by atoms with van der Waals surface area (Å²) in [5.41, 5.74) is 2.53. The molecule has 3 N–H and O–H groups in total. The van der Waals surface area contributed by atoms with Gasteiger partial charge in [-0.25, -0.2) is 0 Å². The van der Waals surface area contributed by atoms with E-state index in [9.17, 15) is 9.59 Å². The number of furan rings is 1. The third-order valence-corrected chi connectivity index (χ3v) is 3.72. The van der Waals surface area contributed by atoms with E-state index in [0.29, 0.717) is 23.6 Å². The van der Waals surface area contributed by atoms with Crippen LogP contribution in [0.3, 0.4) is 0 Å². The van der Waals surface area contributed by atoms with Gasteiger partial charge in [0, 0.05) is 18.8 Å². The highest BCUT2D eigenvalue weighted by Gasteiger charge is 2.14. The molecule has 0 bridgehead atoms. The van der Waals surface area contributed by atoms with Crippen LogP contribution in [0.5, 0.6) is 0 Å². The van der Waals surface area contributed by atoms with E-state index in [1.165, 1.54) is 0 Å². The second kappa shape index (κ2) is 8.92. The summed E-state index contributed by atoms with van der Waals surface area (Å²) in [6.45, 7) is 6.90. The van der Waals surface area contributed by atoms with Gasteiger partial charge in [-0.05, 0) is 44.0 Å². The molecule has 0 aliphatic heterocycles. The van der Waals surface area contributed by atoms with Crippen LogP contribution in [0, 0.1) is 13.8 Å². The maximum Gasteiger partial charge on any atom is 0.255 e. The molecule has 0 atom stereocenters. The first-order valence-corrected chi connectivity index (χ1v) is 8.44. The lowest BCUT2D eigenvalue weighted by Crippen LogP contribution is -2.36. The Hall–Kier alpha value is -2.76. The van der Waals surface area contributed by atoms with Crippen molar-refractivity contribution in [2.45, 2.75) is 33.7 Å². The normalized spacial score (nSPS) is 10.4. The van der Waals surface area contributed by atoms with Crippen LogP contribution < -0.4 is 16.0 Å². The van der Waals surface area contributed by atoms with Gasteiger partial charge in [0.25, 0.3) is 5.91 Å². The van der Waals surface area contributed by atoms with Crippen LogP contribution in [0.1, 0.15) is 40.8 Å². The van der Waals surface area contributed by atoms with E-state index in [2.05, 4.69) is 22.9 Å². The quantitative estimate of drug-likeness (QED) is 0.688. The zero-order valence-electron chi connectivity index (χ0n) is 14.9. The number of carbonyl (C=O) groups excluding carboxylic acids is 2. The number of nitrogens with one attached hydrogen (secondary N) is 3. The molecule has 0 saturated carbocycles. The monoisotopic (exact) mass is 343 g/mol. The Morgan fingerprint density at radius 1 is 1.08 bits per heavy atom. The average molecular weight is 343 g/mol. The molecule has 2 rings (SSSR count). The highest BCUT2D eigenvalue weighted by Crippen LogP contribution is 2.13. The molecule has 2 amide bonds. The number of hydrogen-bond acceptors (Lipinski definition) is 4. The van der Waals surface area contributed by atoms with E-state index in [1.807, 2.05) is 24.3 Å². The van der Waals surface area contributed by atoms with Crippen LogP contribution in [-0.4, -0.2) is 24.9 Å². The fourth-order valence-corrected chi connectivity index (χ4v) is 2.38. The van der Waals surface area contributed by atoms with E-state index in [-0.39, 0.29) is 18.4 Å². The highest BCUT2D eigenvalue weighted by molar-refractivity contribution is 5.97. The Kier molecular flexibility index (Phi) is 6.62. The third-order valence-electron chi connectivity index (χ3n) is 3.72. The first-order chi connectivity index (χ1) is 12.0. The van der Waals surface area contributed by atoms with Gasteiger partial charge < -0.3 is 20.4 Å². The summed E-state index contributed by atoms with van der Waals surface area (Å²) < 4.78 is 5.32. The molecule has 0 spiro atoms. The second-order valence-electron chi connectivity index (χ2n) is 5.91. The molecule has 25 heavy (non-hydrogen) atoms. The molecular formula is C19H25N3O3. The third kappa shape index (κ3) is 5.67. The fraction of sp³-hybridized carbons (Fsp3) is 0.368. The lowest BCUT2D eigenvalue weighted by molar-refractivity contribution is -0.120. The molecule has 1 heterocycles. The number of aryl methyl sites for hydroxylation is 2. The summed E-state index contributed by atoms with van der Waals surface area (Å²) in [4.78, 5) is 23.9. The van der Waals surface area contributed by atoms with Crippen LogP contribution >= 0.6 is 0 Å². The van der Waals surface area contributed by atoms with E-state index >= 15 is 0 Å². The van der Waals surface area contributed by atoms with Crippen molar-refractivity contribution in [2.75, 3.05) is 18.4 Å². The van der Waals surface area contributed by atoms with Gasteiger partial charge in [0.1, 0.15) is 11.5 Å². The van der Waals surface area contributed by atoms with Gasteiger partial charge in [0.2, 0.25) is 5.91 Å². The second-order valence-corrected chi connectivity index (χ2v) is 5.91. The maximum atomic E-state index is 12.0. The van der Waals surface area contributed by atoms with Crippen LogP contribution in [0.15, 0.2) is 34.7 Å². The molecule has 0 saturated heterocycles. The molecule has 0 aliphatic carbocycles. The number of hydrogen-bond donors (Lipinski definition) is 3. The van der Waals surface area contributed by atoms with Crippen LogP contribution in [-0.2, 0) is 11.3 Å². The average Bonchev–Trinajstić information content (AvgIpc) is 2.95. The molecule has 6 nitrogen and oxygen atoms in total. The fourth-order valence-electron chi connectivity index (χ4n) is 2.38. The van der Waals surface area contributed by atoms with Crippen molar-refractivity contribution in [2.24, 2.45) is 0 Å². The predicted octanol–water partition coefficient (Wildman–Crippen LogP) is 2.76. The number of carbonyl (C=O) groups is 2. The summed E-state index contributed by atoms with van der Waals surface area (Å²) >= 11 is 0. The minimum Gasteiger partial charge on any atom is -0.466 e. The topological polar surface area (TPSA) is 83.4 Å². The van der Waals surface area contributed by atoms with Crippen molar-refractivity contribution < 1.29 is 14.0 Å². The van der Waals surface area contributed by atoms with Crippen molar-refractivity contribution >= 4 is 17.5 Å². The molecule has 1 aromatic heterocycles. The SMILES string of the molecule is CCCNc1ccc(CNC(=O)CNC(=O)c2cc(C)oc2C)cc1. The van der Waals surface area contributed by atoms with Gasteiger partial charge in [0.05, 0.1) is 12.1 Å². The van der Waals surface area contributed by atoms with Gasteiger partial charge in [-0.2, -0.15) is 0 Å². The molecule has 1 aromatic carbocycles. The zero-order chi connectivity index (χ0) is 18.2. The van der Waals surface area contributed by atoms with Gasteiger partial charge in [-0.1, -0.05) is 19.1 Å². The molecule has 2 aromatic rings. The summed E-state index contributed by atoms with van der Waals surface area (Å²) in [5, 5.41) is 8.69. The Balaban J connectivity index is 1.75. The van der Waals surface area contributed by atoms with Gasteiger partial charge in [-0.3, -0.25) is 9.59 Å². The number of amides is 2. The Morgan fingerprint density at radius 3 is 2.40 bits per heavy atom. The molecule has 0 fully saturated rings. The maximum absolute atomic E-state index is 12.0. The van der Waals surface area contributed by atoms with Gasteiger partial charge in [-0.15, -0.1) is 0 Å². The minimum absolute atomic E-state index is 0.0708. The first-order valence-electron chi connectivity index (χ1n) is 8.44. The number of benzene rings is 1. The van der Waals surface area contributed by atoms with Crippen molar-refractivity contribution in [1.29, 1.82) is 0 Å². The summed E-state index contributed by atoms with van der Waals surface area (Å²) in [6, 6.07) is 9.57. The lowest BCUT2D eigenvalue weighted by atomic mass is 10.2. The van der Waals surface area contributed by atoms with Crippen molar-refractivity contribution in [3.05, 3.63) is 53.0 Å². The lowest BCUT2D eigenvalue weighted by Gasteiger charge is -2.08. The standard InChI is InChI=1S/C19H25N3O3/c1-4-9-20-16-7-5-15(6-8-16)11-21-18(23)12-22-19(24)17-10-13(2)25-14(17)3/h5-8,10,20H,4,9,11-12H2,1-3H3,(H,21,23)(H,22,24). The smallest absolute Gasteiger partial charge is 0.255 e. The van der Waals surface area contributed by atoms with Gasteiger partial charge in [0.15, 0.2) is 0 Å². The van der Waals surface area contributed by atoms with Gasteiger partial charge >= 0.3 is 0 Å². The predicted molar refractivity (Wildman–Crippen MR) is 97.6 cm³/mol. The number of rotatable bonds is 8. The Labute approximate surface area is 148 Å². The van der Waals surface area contributed by atoms with E-state index in [1.54, 1.807) is 19.9 Å². The Bertz CT molecular complexity index is 720. The molecular weight excluding hydrogens is 318 g/mol. The van der Waals surface area contributed by atoms with Crippen molar-refractivity contribution in [3.63, 3.8) is 0 Å². The summed E-state index contributed by atoms with van der Waals surface area (Å²) in [5.74, 6) is 0.673. The molecule has 0 radical (unpaired) electrons. The van der Waals surface area contributed by atoms with E-state index in [0.717, 1.165) is 24.2 Å². The molecule has 0 unspecified atom stereocenters. The zero-order valence-corrected chi connectivity index (χ0v) is 14.9. The summed E-state index contributed by atoms with van der Waals surface area (Å²) in [7, 11) is 0. The first kappa shape index (κ1) is 18.6. The van der Waals surface area contributed by atoms with Crippen molar-refractivity contribution in [3.8, 4) is 0 Å². The largest absolute Gasteiger partial charge is 0.466 e. The number of anilines is 1. The molecule has 0 aliphatic rings. The van der Waals surface area contributed by atoms with Crippen LogP contribution in [0.25, 0.3) is 0 Å². The summed E-state index contributed by atoms with van der Waals surface area (Å²) in [6.07, 6.45) is 1.07. The highest BCUT2D eigenvalue weighted by atomic mass is 16.3. The molecule has 6 heteroatoms. The molecule has 134 valence electrons. The van der Waals surface area contributed by atoms with Crippen molar-refractivity contribution in [1.82, 2.24) is 10.6 Å². The van der Waals surface area contributed by atoms with E-state index in [4.69, 9.17) is 4.42 Å². The van der Waals surface area contributed by atoms with Crippen LogP contribution in [0.4, 0.5) is 5.69 Å². The van der Waals surface area contributed by atoms with E-state index < -0.39 is 0 Å². The Morgan fingerprint density at radius 2 is 1.80 bits per heavy atom. The minimum atomic E-state index is -0.309. The van der Waals surface area contributed by atoms with Crippen LogP contribution in [0.2, 0.25) is 0 Å².